The fourth-order valence-electron chi connectivity index (χ4n) is 2.58. The van der Waals surface area contributed by atoms with E-state index in [1.807, 2.05) is 0 Å². The minimum atomic E-state index is 0.0915. The number of anilines is 1. The number of nitriles is 1. The van der Waals surface area contributed by atoms with Crippen LogP contribution >= 0.6 is 0 Å². The molecule has 0 aromatic heterocycles. The average molecular weight is 214 g/mol. The van der Waals surface area contributed by atoms with Crippen LogP contribution in [0.15, 0.2) is 24.3 Å². The zero-order valence-electron chi connectivity index (χ0n) is 10.2. The van der Waals surface area contributed by atoms with Crippen LogP contribution in [0, 0.1) is 24.2 Å². The maximum Gasteiger partial charge on any atom is 0.0675 e. The molecule has 1 aromatic rings. The fourth-order valence-corrected chi connectivity index (χ4v) is 2.58. The van der Waals surface area contributed by atoms with Gasteiger partial charge in [-0.25, -0.2) is 0 Å². The largest absolute Gasteiger partial charge is 0.365 e. The summed E-state index contributed by atoms with van der Waals surface area (Å²) in [4.78, 5) is 2.36. The molecule has 1 atom stereocenters. The second-order valence-electron chi connectivity index (χ2n) is 5.29. The summed E-state index contributed by atoms with van der Waals surface area (Å²) in [6, 6.07) is 10.9. The summed E-state index contributed by atoms with van der Waals surface area (Å²) < 4.78 is 0. The molecule has 1 heterocycles. The van der Waals surface area contributed by atoms with Crippen molar-refractivity contribution < 1.29 is 0 Å². The highest BCUT2D eigenvalue weighted by atomic mass is 15.2. The standard InChI is InChI=1S/C14H18N2/c1-11-5-4-6-13(7-11)16-10-12(9-15)8-14(16,2)3/h4-7,12H,8,10H2,1-3H3. The van der Waals surface area contributed by atoms with Gasteiger partial charge < -0.3 is 4.90 Å². The van der Waals surface area contributed by atoms with Crippen LogP contribution < -0.4 is 4.90 Å². The number of hydrogen-bond donors (Lipinski definition) is 0. The van der Waals surface area contributed by atoms with Gasteiger partial charge in [0, 0.05) is 17.8 Å². The maximum atomic E-state index is 9.04. The molecule has 0 spiro atoms. The van der Waals surface area contributed by atoms with Gasteiger partial charge in [0.15, 0.2) is 0 Å². The Morgan fingerprint density at radius 2 is 2.19 bits per heavy atom. The molecule has 84 valence electrons. The van der Waals surface area contributed by atoms with Crippen LogP contribution in [0.2, 0.25) is 0 Å². The average Bonchev–Trinajstić information content (AvgIpc) is 2.53. The van der Waals surface area contributed by atoms with Crippen molar-refractivity contribution >= 4 is 5.69 Å². The molecule has 1 fully saturated rings. The van der Waals surface area contributed by atoms with Gasteiger partial charge in [0.2, 0.25) is 0 Å². The fraction of sp³-hybridized carbons (Fsp3) is 0.500. The predicted octanol–water partition coefficient (Wildman–Crippen LogP) is 3.12. The SMILES string of the molecule is Cc1cccc(N2CC(C#N)CC2(C)C)c1. The van der Waals surface area contributed by atoms with Gasteiger partial charge in [-0.1, -0.05) is 12.1 Å². The highest BCUT2D eigenvalue weighted by Crippen LogP contribution is 2.36. The zero-order valence-corrected chi connectivity index (χ0v) is 10.2. The summed E-state index contributed by atoms with van der Waals surface area (Å²) in [5.74, 6) is 0.163. The molecule has 2 rings (SSSR count). The van der Waals surface area contributed by atoms with Crippen molar-refractivity contribution in [3.63, 3.8) is 0 Å². The van der Waals surface area contributed by atoms with Crippen molar-refractivity contribution in [1.29, 1.82) is 5.26 Å². The van der Waals surface area contributed by atoms with Crippen LogP contribution in [-0.4, -0.2) is 12.1 Å². The molecule has 16 heavy (non-hydrogen) atoms. The molecule has 1 saturated heterocycles. The minimum absolute atomic E-state index is 0.0915. The quantitative estimate of drug-likeness (QED) is 0.718. The lowest BCUT2D eigenvalue weighted by Gasteiger charge is -2.33. The van der Waals surface area contributed by atoms with Gasteiger partial charge in [0.1, 0.15) is 0 Å². The molecule has 0 bridgehead atoms. The molecular formula is C14H18N2. The second-order valence-corrected chi connectivity index (χ2v) is 5.29. The summed E-state index contributed by atoms with van der Waals surface area (Å²) in [7, 11) is 0. The van der Waals surface area contributed by atoms with E-state index in [-0.39, 0.29) is 11.5 Å². The molecule has 2 nitrogen and oxygen atoms in total. The van der Waals surface area contributed by atoms with E-state index in [9.17, 15) is 0 Å². The first-order chi connectivity index (χ1) is 7.53. The third-order valence-electron chi connectivity index (χ3n) is 3.38. The number of benzene rings is 1. The third kappa shape index (κ3) is 1.90. The van der Waals surface area contributed by atoms with E-state index in [1.54, 1.807) is 0 Å². The summed E-state index contributed by atoms with van der Waals surface area (Å²) in [6.07, 6.45) is 0.956. The maximum absolute atomic E-state index is 9.04. The molecule has 1 aromatic carbocycles. The smallest absolute Gasteiger partial charge is 0.0675 e. The van der Waals surface area contributed by atoms with Crippen molar-refractivity contribution in [3.8, 4) is 6.07 Å². The van der Waals surface area contributed by atoms with Crippen molar-refractivity contribution in [3.05, 3.63) is 29.8 Å². The van der Waals surface area contributed by atoms with E-state index in [0.717, 1.165) is 13.0 Å². The molecule has 1 aliphatic heterocycles. The van der Waals surface area contributed by atoms with Crippen molar-refractivity contribution in [2.45, 2.75) is 32.7 Å². The number of nitrogens with zero attached hydrogens (tertiary/aromatic N) is 2. The molecule has 0 aliphatic carbocycles. The van der Waals surface area contributed by atoms with E-state index in [2.05, 4.69) is 56.0 Å². The predicted molar refractivity (Wildman–Crippen MR) is 66.3 cm³/mol. The Morgan fingerprint density at radius 1 is 1.44 bits per heavy atom. The lowest BCUT2D eigenvalue weighted by atomic mass is 9.97. The first-order valence-electron chi connectivity index (χ1n) is 5.77. The molecule has 2 heteroatoms. The van der Waals surface area contributed by atoms with Crippen LogP contribution in [0.25, 0.3) is 0 Å². The Morgan fingerprint density at radius 3 is 2.75 bits per heavy atom. The lowest BCUT2D eigenvalue weighted by Crippen LogP contribution is -2.38. The Bertz CT molecular complexity index is 429. The van der Waals surface area contributed by atoms with Crippen LogP contribution in [-0.2, 0) is 0 Å². The van der Waals surface area contributed by atoms with Gasteiger partial charge in [0.05, 0.1) is 12.0 Å². The van der Waals surface area contributed by atoms with E-state index >= 15 is 0 Å². The van der Waals surface area contributed by atoms with E-state index in [4.69, 9.17) is 5.26 Å². The third-order valence-corrected chi connectivity index (χ3v) is 3.38. The monoisotopic (exact) mass is 214 g/mol. The first kappa shape index (κ1) is 11.0. The second kappa shape index (κ2) is 3.83. The van der Waals surface area contributed by atoms with Crippen LogP contribution in [0.3, 0.4) is 0 Å². The van der Waals surface area contributed by atoms with Gasteiger partial charge in [-0.05, 0) is 44.9 Å². The first-order valence-corrected chi connectivity index (χ1v) is 5.77. The topological polar surface area (TPSA) is 27.0 Å². The number of hydrogen-bond acceptors (Lipinski definition) is 2. The molecule has 1 aliphatic rings. The summed E-state index contributed by atoms with van der Waals surface area (Å²) in [5.41, 5.74) is 2.60. The van der Waals surface area contributed by atoms with Crippen molar-refractivity contribution in [2.75, 3.05) is 11.4 Å². The summed E-state index contributed by atoms with van der Waals surface area (Å²) in [5, 5.41) is 9.04. The molecule has 0 saturated carbocycles. The van der Waals surface area contributed by atoms with Gasteiger partial charge in [-0.15, -0.1) is 0 Å². The Kier molecular flexibility index (Phi) is 2.63. The van der Waals surface area contributed by atoms with Crippen LogP contribution in [0.5, 0.6) is 0 Å². The molecule has 1 unspecified atom stereocenters. The van der Waals surface area contributed by atoms with Gasteiger partial charge in [0.25, 0.3) is 0 Å². The molecular weight excluding hydrogens is 196 g/mol. The Balaban J connectivity index is 2.31. The van der Waals surface area contributed by atoms with E-state index in [0.29, 0.717) is 0 Å². The number of aryl methyl sites for hydroxylation is 1. The lowest BCUT2D eigenvalue weighted by molar-refractivity contribution is 0.503. The van der Waals surface area contributed by atoms with Crippen LogP contribution in [0.4, 0.5) is 5.69 Å². The summed E-state index contributed by atoms with van der Waals surface area (Å²) in [6.45, 7) is 7.39. The zero-order chi connectivity index (χ0) is 11.8. The normalized spacial score (nSPS) is 23.1. The molecule has 0 N–H and O–H groups in total. The summed E-state index contributed by atoms with van der Waals surface area (Å²) >= 11 is 0. The van der Waals surface area contributed by atoms with Gasteiger partial charge >= 0.3 is 0 Å². The minimum Gasteiger partial charge on any atom is -0.365 e. The highest BCUT2D eigenvalue weighted by Gasteiger charge is 2.38. The van der Waals surface area contributed by atoms with E-state index < -0.39 is 0 Å². The van der Waals surface area contributed by atoms with Crippen molar-refractivity contribution in [1.82, 2.24) is 0 Å². The molecule has 0 radical (unpaired) electrons. The van der Waals surface area contributed by atoms with Crippen molar-refractivity contribution in [2.24, 2.45) is 5.92 Å². The Labute approximate surface area is 97.5 Å². The van der Waals surface area contributed by atoms with Crippen LogP contribution in [0.1, 0.15) is 25.8 Å². The van der Waals surface area contributed by atoms with Gasteiger partial charge in [-0.2, -0.15) is 5.26 Å². The molecule has 0 amide bonds. The highest BCUT2D eigenvalue weighted by molar-refractivity contribution is 5.52. The Hall–Kier alpha value is -1.49. The van der Waals surface area contributed by atoms with Gasteiger partial charge in [-0.3, -0.25) is 0 Å². The number of rotatable bonds is 1. The van der Waals surface area contributed by atoms with E-state index in [1.165, 1.54) is 11.3 Å².